The van der Waals surface area contributed by atoms with E-state index in [1.54, 1.807) is 7.05 Å². The standard InChI is InChI=1S/C10H22N2O2S2/c1-10(2,3)6-8-16(13,14)12(4)7-5-9(11)15/h5-8H2,1-4H3,(H2,11,15). The Bertz CT molecular complexity index is 331. The van der Waals surface area contributed by atoms with Crippen LogP contribution in [0, 0.1) is 5.41 Å². The first kappa shape index (κ1) is 15.8. The highest BCUT2D eigenvalue weighted by molar-refractivity contribution is 7.89. The van der Waals surface area contributed by atoms with Crippen LogP contribution in [0.4, 0.5) is 0 Å². The molecule has 4 nitrogen and oxygen atoms in total. The molecule has 0 aliphatic rings. The second kappa shape index (κ2) is 5.93. The van der Waals surface area contributed by atoms with Gasteiger partial charge in [-0.2, -0.15) is 0 Å². The molecule has 0 radical (unpaired) electrons. The fraction of sp³-hybridized carbons (Fsp3) is 0.900. The molecule has 0 rings (SSSR count). The molecule has 0 saturated carbocycles. The van der Waals surface area contributed by atoms with E-state index >= 15 is 0 Å². The van der Waals surface area contributed by atoms with Gasteiger partial charge in [0.15, 0.2) is 0 Å². The van der Waals surface area contributed by atoms with Crippen molar-refractivity contribution in [2.45, 2.75) is 33.6 Å². The highest BCUT2D eigenvalue weighted by Crippen LogP contribution is 2.20. The van der Waals surface area contributed by atoms with Gasteiger partial charge in [0, 0.05) is 20.0 Å². The van der Waals surface area contributed by atoms with Crippen molar-refractivity contribution in [3.8, 4) is 0 Å². The van der Waals surface area contributed by atoms with Crippen LogP contribution >= 0.6 is 12.2 Å². The number of sulfonamides is 1. The number of nitrogens with two attached hydrogens (primary N) is 1. The van der Waals surface area contributed by atoms with Crippen LogP contribution in [0.5, 0.6) is 0 Å². The summed E-state index contributed by atoms with van der Waals surface area (Å²) in [7, 11) is -1.61. The monoisotopic (exact) mass is 266 g/mol. The van der Waals surface area contributed by atoms with Crippen LogP contribution in [0.15, 0.2) is 0 Å². The van der Waals surface area contributed by atoms with Crippen LogP contribution in [0.2, 0.25) is 0 Å². The molecule has 0 spiro atoms. The quantitative estimate of drug-likeness (QED) is 0.737. The molecular weight excluding hydrogens is 244 g/mol. The maximum Gasteiger partial charge on any atom is 0.213 e. The Morgan fingerprint density at radius 1 is 1.38 bits per heavy atom. The molecule has 0 bridgehead atoms. The maximum atomic E-state index is 11.8. The largest absolute Gasteiger partial charge is 0.393 e. The van der Waals surface area contributed by atoms with Gasteiger partial charge in [-0.25, -0.2) is 12.7 Å². The topological polar surface area (TPSA) is 63.4 Å². The molecular formula is C10H22N2O2S2. The summed E-state index contributed by atoms with van der Waals surface area (Å²) in [6.07, 6.45) is 1.08. The van der Waals surface area contributed by atoms with Gasteiger partial charge in [-0.1, -0.05) is 33.0 Å². The second-order valence-corrected chi connectivity index (χ2v) is 7.88. The molecule has 0 heterocycles. The number of hydrogen-bond donors (Lipinski definition) is 1. The normalized spacial score (nSPS) is 13.1. The summed E-state index contributed by atoms with van der Waals surface area (Å²) in [6, 6.07) is 0. The smallest absolute Gasteiger partial charge is 0.213 e. The fourth-order valence-electron chi connectivity index (χ4n) is 0.998. The highest BCUT2D eigenvalue weighted by Gasteiger charge is 2.21. The SMILES string of the molecule is CN(CCC(N)=S)S(=O)(=O)CCC(C)(C)C. The van der Waals surface area contributed by atoms with Crippen LogP contribution < -0.4 is 5.73 Å². The number of hydrogen-bond acceptors (Lipinski definition) is 3. The van der Waals surface area contributed by atoms with E-state index in [0.29, 0.717) is 24.4 Å². The van der Waals surface area contributed by atoms with Crippen molar-refractivity contribution >= 4 is 27.2 Å². The zero-order chi connectivity index (χ0) is 13.0. The molecule has 0 aliphatic heterocycles. The summed E-state index contributed by atoms with van der Waals surface area (Å²) >= 11 is 4.72. The molecule has 0 aliphatic carbocycles. The van der Waals surface area contributed by atoms with Gasteiger partial charge in [0.2, 0.25) is 10.0 Å². The summed E-state index contributed by atoms with van der Waals surface area (Å²) in [5.74, 6) is 0.171. The third-order valence-electron chi connectivity index (χ3n) is 2.26. The van der Waals surface area contributed by atoms with Gasteiger partial charge in [-0.3, -0.25) is 0 Å². The zero-order valence-corrected chi connectivity index (χ0v) is 12.1. The van der Waals surface area contributed by atoms with Crippen LogP contribution in [0.25, 0.3) is 0 Å². The van der Waals surface area contributed by atoms with E-state index in [1.807, 2.05) is 20.8 Å². The van der Waals surface area contributed by atoms with E-state index in [-0.39, 0.29) is 11.2 Å². The lowest BCUT2D eigenvalue weighted by Gasteiger charge is -2.21. The van der Waals surface area contributed by atoms with Gasteiger partial charge < -0.3 is 5.73 Å². The lowest BCUT2D eigenvalue weighted by atomic mass is 9.94. The van der Waals surface area contributed by atoms with Crippen molar-refractivity contribution in [1.82, 2.24) is 4.31 Å². The van der Waals surface area contributed by atoms with Crippen LogP contribution in [0.1, 0.15) is 33.6 Å². The molecule has 16 heavy (non-hydrogen) atoms. The van der Waals surface area contributed by atoms with Gasteiger partial charge in [0.05, 0.1) is 10.7 Å². The van der Waals surface area contributed by atoms with Gasteiger partial charge in [0.1, 0.15) is 0 Å². The summed E-state index contributed by atoms with van der Waals surface area (Å²) < 4.78 is 25.0. The minimum absolute atomic E-state index is 0.0249. The molecule has 0 amide bonds. The Kier molecular flexibility index (Phi) is 5.86. The Hall–Kier alpha value is -0.200. The molecule has 0 fully saturated rings. The summed E-state index contributed by atoms with van der Waals surface area (Å²) in [4.78, 5) is 0.345. The van der Waals surface area contributed by atoms with E-state index in [9.17, 15) is 8.42 Å². The molecule has 0 aromatic rings. The van der Waals surface area contributed by atoms with E-state index in [1.165, 1.54) is 4.31 Å². The van der Waals surface area contributed by atoms with E-state index in [4.69, 9.17) is 18.0 Å². The van der Waals surface area contributed by atoms with E-state index in [0.717, 1.165) is 0 Å². The Balaban J connectivity index is 4.27. The molecule has 6 heteroatoms. The zero-order valence-electron chi connectivity index (χ0n) is 10.5. The van der Waals surface area contributed by atoms with Crippen molar-refractivity contribution in [3.05, 3.63) is 0 Å². The van der Waals surface area contributed by atoms with Crippen molar-refractivity contribution in [1.29, 1.82) is 0 Å². The first-order valence-electron chi connectivity index (χ1n) is 5.27. The third-order valence-corrected chi connectivity index (χ3v) is 4.31. The lowest BCUT2D eigenvalue weighted by molar-refractivity contribution is 0.389. The fourth-order valence-corrected chi connectivity index (χ4v) is 2.64. The summed E-state index contributed by atoms with van der Waals surface area (Å²) in [5, 5.41) is 0. The van der Waals surface area contributed by atoms with E-state index in [2.05, 4.69) is 0 Å². The summed E-state index contributed by atoms with van der Waals surface area (Å²) in [5.41, 5.74) is 5.36. The molecule has 0 aromatic carbocycles. The Morgan fingerprint density at radius 2 is 1.88 bits per heavy atom. The molecule has 96 valence electrons. The second-order valence-electron chi connectivity index (χ2n) is 5.16. The van der Waals surface area contributed by atoms with Crippen molar-refractivity contribution in [2.75, 3.05) is 19.3 Å². The first-order valence-corrected chi connectivity index (χ1v) is 7.29. The minimum Gasteiger partial charge on any atom is -0.393 e. The van der Waals surface area contributed by atoms with Gasteiger partial charge in [0.25, 0.3) is 0 Å². The van der Waals surface area contributed by atoms with Crippen LogP contribution in [-0.4, -0.2) is 37.1 Å². The lowest BCUT2D eigenvalue weighted by Crippen LogP contribution is -2.33. The predicted octanol–water partition coefficient (Wildman–Crippen LogP) is 1.36. The molecule has 0 atom stereocenters. The predicted molar refractivity (Wildman–Crippen MR) is 71.9 cm³/mol. The summed E-state index contributed by atoms with van der Waals surface area (Å²) in [6.45, 7) is 6.44. The Morgan fingerprint density at radius 3 is 2.25 bits per heavy atom. The average molecular weight is 266 g/mol. The molecule has 2 N–H and O–H groups in total. The van der Waals surface area contributed by atoms with Crippen molar-refractivity contribution < 1.29 is 8.42 Å². The third kappa shape index (κ3) is 7.14. The maximum absolute atomic E-state index is 11.8. The minimum atomic E-state index is -3.17. The number of nitrogens with zero attached hydrogens (tertiary/aromatic N) is 1. The average Bonchev–Trinajstić information content (AvgIpc) is 2.10. The Labute approximate surface area is 104 Å². The van der Waals surface area contributed by atoms with Gasteiger partial charge >= 0.3 is 0 Å². The van der Waals surface area contributed by atoms with Gasteiger partial charge in [-0.15, -0.1) is 0 Å². The molecule has 0 aromatic heterocycles. The van der Waals surface area contributed by atoms with Gasteiger partial charge in [-0.05, 0) is 11.8 Å². The first-order chi connectivity index (χ1) is 7.04. The highest BCUT2D eigenvalue weighted by atomic mass is 32.2. The number of thiocarbonyl (C=S) groups is 1. The van der Waals surface area contributed by atoms with E-state index < -0.39 is 10.0 Å². The molecule has 0 unspecified atom stereocenters. The van der Waals surface area contributed by atoms with Crippen molar-refractivity contribution in [3.63, 3.8) is 0 Å². The number of rotatable bonds is 6. The molecule has 0 saturated heterocycles. The van der Waals surface area contributed by atoms with Crippen LogP contribution in [-0.2, 0) is 10.0 Å². The van der Waals surface area contributed by atoms with Crippen LogP contribution in [0.3, 0.4) is 0 Å². The van der Waals surface area contributed by atoms with Crippen molar-refractivity contribution in [2.24, 2.45) is 11.1 Å².